The standard InChI is InChI=1S/C15H22N2O2S/c1-4-7-11(2)17(3)14(18)10-19-13-9-6-5-8-12(13)15(16)20/h5-6,8-9,11H,4,7,10H2,1-3H3,(H2,16,20). The zero-order valence-corrected chi connectivity index (χ0v) is 13.1. The van der Waals surface area contributed by atoms with Crippen molar-refractivity contribution >= 4 is 23.1 Å². The van der Waals surface area contributed by atoms with Gasteiger partial charge in [0.1, 0.15) is 10.7 Å². The van der Waals surface area contributed by atoms with Crippen molar-refractivity contribution in [3.63, 3.8) is 0 Å². The topological polar surface area (TPSA) is 55.6 Å². The monoisotopic (exact) mass is 294 g/mol. The summed E-state index contributed by atoms with van der Waals surface area (Å²) in [7, 11) is 1.80. The highest BCUT2D eigenvalue weighted by atomic mass is 32.1. The lowest BCUT2D eigenvalue weighted by molar-refractivity contribution is -0.133. The summed E-state index contributed by atoms with van der Waals surface area (Å²) in [6, 6.07) is 7.41. The number of ether oxygens (including phenoxy) is 1. The lowest BCUT2D eigenvalue weighted by Crippen LogP contribution is -2.38. The third-order valence-corrected chi connectivity index (χ3v) is 3.48. The number of nitrogens with zero attached hydrogens (tertiary/aromatic N) is 1. The van der Waals surface area contributed by atoms with Crippen molar-refractivity contribution in [3.05, 3.63) is 29.8 Å². The van der Waals surface area contributed by atoms with Crippen molar-refractivity contribution in [1.29, 1.82) is 0 Å². The lowest BCUT2D eigenvalue weighted by atomic mass is 10.2. The molecule has 0 aromatic heterocycles. The van der Waals surface area contributed by atoms with Gasteiger partial charge in [0.25, 0.3) is 5.91 Å². The molecule has 0 aliphatic rings. The van der Waals surface area contributed by atoms with Crippen molar-refractivity contribution in [2.45, 2.75) is 32.7 Å². The zero-order chi connectivity index (χ0) is 15.1. The van der Waals surface area contributed by atoms with Crippen LogP contribution in [0.4, 0.5) is 0 Å². The molecule has 0 bridgehead atoms. The fourth-order valence-electron chi connectivity index (χ4n) is 1.89. The summed E-state index contributed by atoms with van der Waals surface area (Å²) in [5.74, 6) is 0.494. The van der Waals surface area contributed by atoms with E-state index < -0.39 is 0 Å². The van der Waals surface area contributed by atoms with Crippen LogP contribution < -0.4 is 10.5 Å². The van der Waals surface area contributed by atoms with Gasteiger partial charge in [0.05, 0.1) is 5.56 Å². The highest BCUT2D eigenvalue weighted by Gasteiger charge is 2.16. The predicted octanol–water partition coefficient (Wildman–Crippen LogP) is 2.35. The third-order valence-electron chi connectivity index (χ3n) is 3.26. The fourth-order valence-corrected chi connectivity index (χ4v) is 2.06. The molecule has 0 aliphatic carbocycles. The Kier molecular flexibility index (Phi) is 6.45. The zero-order valence-electron chi connectivity index (χ0n) is 12.3. The summed E-state index contributed by atoms with van der Waals surface area (Å²) in [6.45, 7) is 4.12. The van der Waals surface area contributed by atoms with Gasteiger partial charge in [-0.25, -0.2) is 0 Å². The number of benzene rings is 1. The van der Waals surface area contributed by atoms with E-state index in [4.69, 9.17) is 22.7 Å². The van der Waals surface area contributed by atoms with Crippen LogP contribution in [-0.2, 0) is 4.79 Å². The Hall–Kier alpha value is -1.62. The molecule has 0 aliphatic heterocycles. The van der Waals surface area contributed by atoms with E-state index in [9.17, 15) is 4.79 Å². The number of rotatable bonds is 7. The molecule has 1 amide bonds. The SMILES string of the molecule is CCCC(C)N(C)C(=O)COc1ccccc1C(N)=S. The van der Waals surface area contributed by atoms with Gasteiger partial charge < -0.3 is 15.4 Å². The van der Waals surface area contributed by atoms with Crippen LogP contribution in [-0.4, -0.2) is 35.5 Å². The third kappa shape index (κ3) is 4.49. The molecule has 0 spiro atoms. The Labute approximate surface area is 125 Å². The molecule has 1 aromatic rings. The van der Waals surface area contributed by atoms with Crippen molar-refractivity contribution in [1.82, 2.24) is 4.90 Å². The van der Waals surface area contributed by atoms with Crippen LogP contribution in [0.3, 0.4) is 0 Å². The summed E-state index contributed by atoms with van der Waals surface area (Å²) >= 11 is 4.96. The molecule has 0 heterocycles. The molecule has 110 valence electrons. The quantitative estimate of drug-likeness (QED) is 0.784. The van der Waals surface area contributed by atoms with Gasteiger partial charge in [-0.05, 0) is 25.5 Å². The minimum Gasteiger partial charge on any atom is -0.483 e. The molecule has 5 heteroatoms. The number of para-hydroxylation sites is 1. The Morgan fingerprint density at radius 2 is 2.10 bits per heavy atom. The van der Waals surface area contributed by atoms with Crippen LogP contribution in [0, 0.1) is 0 Å². The first kappa shape index (κ1) is 16.4. The first-order valence-corrected chi connectivity index (χ1v) is 7.15. The molecule has 0 fully saturated rings. The van der Waals surface area contributed by atoms with E-state index in [2.05, 4.69) is 6.92 Å². The largest absolute Gasteiger partial charge is 0.483 e. The number of hydrogen-bond donors (Lipinski definition) is 1. The summed E-state index contributed by atoms with van der Waals surface area (Å²) in [5.41, 5.74) is 6.28. The van der Waals surface area contributed by atoms with Gasteiger partial charge in [0, 0.05) is 13.1 Å². The van der Waals surface area contributed by atoms with Crippen molar-refractivity contribution in [2.75, 3.05) is 13.7 Å². The van der Waals surface area contributed by atoms with Crippen LogP contribution >= 0.6 is 12.2 Å². The van der Waals surface area contributed by atoms with Gasteiger partial charge in [-0.3, -0.25) is 4.79 Å². The van der Waals surface area contributed by atoms with Crippen LogP contribution in [0.25, 0.3) is 0 Å². The number of carbonyl (C=O) groups is 1. The van der Waals surface area contributed by atoms with Gasteiger partial charge in [-0.2, -0.15) is 0 Å². The van der Waals surface area contributed by atoms with Crippen LogP contribution in [0.1, 0.15) is 32.3 Å². The summed E-state index contributed by atoms with van der Waals surface area (Å²) in [4.78, 5) is 14.0. The Morgan fingerprint density at radius 3 is 2.70 bits per heavy atom. The minimum absolute atomic E-state index is 0.00974. The van der Waals surface area contributed by atoms with Gasteiger partial charge >= 0.3 is 0 Å². The Morgan fingerprint density at radius 1 is 1.45 bits per heavy atom. The minimum atomic E-state index is -0.0521. The number of nitrogens with two attached hydrogens (primary N) is 1. The molecule has 1 aromatic carbocycles. The normalized spacial score (nSPS) is 11.8. The van der Waals surface area contributed by atoms with Gasteiger partial charge in [-0.1, -0.05) is 37.7 Å². The van der Waals surface area contributed by atoms with Crippen LogP contribution in [0.2, 0.25) is 0 Å². The van der Waals surface area contributed by atoms with Crippen molar-refractivity contribution in [2.24, 2.45) is 5.73 Å². The van der Waals surface area contributed by atoms with E-state index in [1.165, 1.54) is 0 Å². The summed E-state index contributed by atoms with van der Waals surface area (Å²) in [6.07, 6.45) is 2.02. The molecule has 1 rings (SSSR count). The molecule has 2 N–H and O–H groups in total. The summed E-state index contributed by atoms with van der Waals surface area (Å²) in [5, 5.41) is 0. The predicted molar refractivity (Wildman–Crippen MR) is 85.0 cm³/mol. The first-order valence-electron chi connectivity index (χ1n) is 6.74. The van der Waals surface area contributed by atoms with E-state index in [0.717, 1.165) is 12.8 Å². The second kappa shape index (κ2) is 7.85. The molecule has 20 heavy (non-hydrogen) atoms. The highest BCUT2D eigenvalue weighted by molar-refractivity contribution is 7.80. The molecule has 1 atom stereocenters. The van der Waals surface area contributed by atoms with Gasteiger partial charge in [-0.15, -0.1) is 0 Å². The molecular weight excluding hydrogens is 272 g/mol. The van der Waals surface area contributed by atoms with Gasteiger partial charge in [0.15, 0.2) is 6.61 Å². The first-order chi connectivity index (χ1) is 9.47. The van der Waals surface area contributed by atoms with E-state index in [-0.39, 0.29) is 23.5 Å². The van der Waals surface area contributed by atoms with Crippen molar-refractivity contribution in [3.8, 4) is 5.75 Å². The fraction of sp³-hybridized carbons (Fsp3) is 0.467. The van der Waals surface area contributed by atoms with E-state index >= 15 is 0 Å². The van der Waals surface area contributed by atoms with Gasteiger partial charge in [0.2, 0.25) is 0 Å². The Balaban J connectivity index is 2.63. The Bertz CT molecular complexity index is 477. The number of amides is 1. The molecule has 1 unspecified atom stereocenters. The van der Waals surface area contributed by atoms with Crippen LogP contribution in [0.5, 0.6) is 5.75 Å². The lowest BCUT2D eigenvalue weighted by Gasteiger charge is -2.24. The highest BCUT2D eigenvalue weighted by Crippen LogP contribution is 2.17. The molecule has 0 saturated heterocycles. The number of hydrogen-bond acceptors (Lipinski definition) is 3. The summed E-state index contributed by atoms with van der Waals surface area (Å²) < 4.78 is 5.55. The maximum Gasteiger partial charge on any atom is 0.260 e. The second-order valence-corrected chi connectivity index (χ2v) is 5.23. The van der Waals surface area contributed by atoms with E-state index in [0.29, 0.717) is 11.3 Å². The number of carbonyl (C=O) groups excluding carboxylic acids is 1. The molecule has 0 radical (unpaired) electrons. The van der Waals surface area contributed by atoms with E-state index in [1.54, 1.807) is 24.1 Å². The number of likely N-dealkylation sites (N-methyl/N-ethyl adjacent to an activating group) is 1. The number of thiocarbonyl (C=S) groups is 1. The second-order valence-electron chi connectivity index (χ2n) is 4.79. The smallest absolute Gasteiger partial charge is 0.260 e. The maximum absolute atomic E-state index is 12.1. The van der Waals surface area contributed by atoms with E-state index in [1.807, 2.05) is 19.1 Å². The molecular formula is C15H22N2O2S. The average Bonchev–Trinajstić information content (AvgIpc) is 2.44. The van der Waals surface area contributed by atoms with Crippen LogP contribution in [0.15, 0.2) is 24.3 Å². The van der Waals surface area contributed by atoms with Crippen molar-refractivity contribution < 1.29 is 9.53 Å². The maximum atomic E-state index is 12.1. The molecule has 4 nitrogen and oxygen atoms in total. The average molecular weight is 294 g/mol. The molecule has 0 saturated carbocycles.